The van der Waals surface area contributed by atoms with Gasteiger partial charge in [0.25, 0.3) is 0 Å². The second kappa shape index (κ2) is 7.47. The van der Waals surface area contributed by atoms with Crippen molar-refractivity contribution in [2.45, 2.75) is 26.5 Å². The van der Waals surface area contributed by atoms with Gasteiger partial charge in [-0.2, -0.15) is 0 Å². The number of nitrogens with one attached hydrogen (secondary N) is 1. The van der Waals surface area contributed by atoms with Crippen LogP contribution in [0.15, 0.2) is 53.5 Å². The van der Waals surface area contributed by atoms with Crippen molar-refractivity contribution in [2.75, 3.05) is 0 Å². The molecule has 134 valence electrons. The van der Waals surface area contributed by atoms with Gasteiger partial charge in [-0.15, -0.1) is 0 Å². The molecule has 0 bridgehead atoms. The second-order valence-electron chi connectivity index (χ2n) is 6.30. The zero-order chi connectivity index (χ0) is 18.7. The van der Waals surface area contributed by atoms with Crippen molar-refractivity contribution in [1.29, 1.82) is 0 Å². The third-order valence-electron chi connectivity index (χ3n) is 4.33. The molecule has 1 heterocycles. The highest BCUT2D eigenvalue weighted by Crippen LogP contribution is 2.28. The summed E-state index contributed by atoms with van der Waals surface area (Å²) >= 11 is 0. The number of hydrogen-bond donors (Lipinski definition) is 1. The predicted octanol–water partition coefficient (Wildman–Crippen LogP) is 3.72. The first-order valence-electron chi connectivity index (χ1n) is 8.27. The Bertz CT molecular complexity index is 844. The highest BCUT2D eigenvalue weighted by Gasteiger charge is 2.38. The van der Waals surface area contributed by atoms with Crippen LogP contribution in [0.2, 0.25) is 0 Å². The molecule has 0 saturated carbocycles. The average Bonchev–Trinajstić information content (AvgIpc) is 2.61. The number of rotatable bonds is 4. The number of aryl methyl sites for hydroxylation is 1. The van der Waals surface area contributed by atoms with Crippen molar-refractivity contribution in [3.8, 4) is 0 Å². The fraction of sp³-hybridized carbons (Fsp3) is 0.250. The van der Waals surface area contributed by atoms with E-state index in [1.807, 2.05) is 31.2 Å². The van der Waals surface area contributed by atoms with Crippen LogP contribution in [-0.2, 0) is 16.1 Å². The highest BCUT2D eigenvalue weighted by molar-refractivity contribution is 6.08. The van der Waals surface area contributed by atoms with E-state index in [2.05, 4.69) is 10.3 Å². The Hall–Kier alpha value is -3.02. The zero-order valence-corrected chi connectivity index (χ0v) is 14.5. The number of benzene rings is 2. The lowest BCUT2D eigenvalue weighted by molar-refractivity contribution is -0.148. The maximum absolute atomic E-state index is 13.2. The van der Waals surface area contributed by atoms with Gasteiger partial charge in [0, 0.05) is 5.71 Å². The minimum absolute atomic E-state index is 0.132. The summed E-state index contributed by atoms with van der Waals surface area (Å²) in [7, 11) is 0. The van der Waals surface area contributed by atoms with E-state index in [9.17, 15) is 14.0 Å². The lowest BCUT2D eigenvalue weighted by Gasteiger charge is -2.29. The van der Waals surface area contributed by atoms with Gasteiger partial charge in [0.15, 0.2) is 0 Å². The first-order valence-corrected chi connectivity index (χ1v) is 8.27. The largest absolute Gasteiger partial charge is 0.460 e. The van der Waals surface area contributed by atoms with Gasteiger partial charge < -0.3 is 10.1 Å². The molecule has 2 amide bonds. The summed E-state index contributed by atoms with van der Waals surface area (Å²) < 4.78 is 18.6. The lowest BCUT2D eigenvalue weighted by Crippen LogP contribution is -2.44. The second-order valence-corrected chi connectivity index (χ2v) is 6.30. The van der Waals surface area contributed by atoms with E-state index in [0.29, 0.717) is 11.3 Å². The highest BCUT2D eigenvalue weighted by atomic mass is 19.1. The monoisotopic (exact) mass is 354 g/mol. The normalized spacial score (nSPS) is 19.5. The van der Waals surface area contributed by atoms with E-state index in [1.165, 1.54) is 12.1 Å². The number of esters is 1. The summed E-state index contributed by atoms with van der Waals surface area (Å²) in [5.41, 5.74) is 2.98. The molecule has 26 heavy (non-hydrogen) atoms. The van der Waals surface area contributed by atoms with Gasteiger partial charge in [-0.05, 0) is 37.1 Å². The molecule has 2 aromatic carbocycles. The van der Waals surface area contributed by atoms with Crippen LogP contribution in [0.1, 0.15) is 29.7 Å². The number of nitrogens with zero attached hydrogens (tertiary/aromatic N) is 1. The lowest BCUT2D eigenvalue weighted by atomic mass is 9.88. The number of carbonyl (C=O) groups is 2. The summed E-state index contributed by atoms with van der Waals surface area (Å²) in [4.78, 5) is 28.3. The predicted molar refractivity (Wildman–Crippen MR) is 95.2 cm³/mol. The van der Waals surface area contributed by atoms with Gasteiger partial charge >= 0.3 is 12.0 Å². The minimum atomic E-state index is -0.761. The Labute approximate surface area is 150 Å². The third-order valence-corrected chi connectivity index (χ3v) is 4.33. The molecular weight excluding hydrogens is 335 g/mol. The van der Waals surface area contributed by atoms with Crippen molar-refractivity contribution in [2.24, 2.45) is 10.9 Å². The van der Waals surface area contributed by atoms with E-state index >= 15 is 0 Å². The number of halogens is 1. The molecule has 5 nitrogen and oxygen atoms in total. The van der Waals surface area contributed by atoms with Gasteiger partial charge in [-0.3, -0.25) is 4.79 Å². The SMILES string of the molecule is CC1=NC(=O)NC(c2ccc(F)cc2)C1C(=O)OCc1ccc(C)cc1. The van der Waals surface area contributed by atoms with Gasteiger partial charge in [0.2, 0.25) is 0 Å². The van der Waals surface area contributed by atoms with Crippen molar-refractivity contribution >= 4 is 17.7 Å². The number of aliphatic imine (C=N–C) groups is 1. The molecule has 0 aliphatic carbocycles. The Morgan fingerprint density at radius 1 is 1.12 bits per heavy atom. The molecule has 3 rings (SSSR count). The Morgan fingerprint density at radius 2 is 1.77 bits per heavy atom. The summed E-state index contributed by atoms with van der Waals surface area (Å²) in [5.74, 6) is -1.63. The molecule has 6 heteroatoms. The Morgan fingerprint density at radius 3 is 2.42 bits per heavy atom. The van der Waals surface area contributed by atoms with Crippen molar-refractivity contribution in [3.63, 3.8) is 0 Å². The van der Waals surface area contributed by atoms with E-state index in [0.717, 1.165) is 11.1 Å². The number of hydrogen-bond acceptors (Lipinski definition) is 3. The van der Waals surface area contributed by atoms with Crippen molar-refractivity contribution in [3.05, 3.63) is 71.0 Å². The van der Waals surface area contributed by atoms with Crippen LogP contribution in [0.3, 0.4) is 0 Å². The number of amides is 2. The van der Waals surface area contributed by atoms with Crippen LogP contribution in [0, 0.1) is 18.7 Å². The molecule has 1 N–H and O–H groups in total. The van der Waals surface area contributed by atoms with Crippen LogP contribution < -0.4 is 5.32 Å². The third kappa shape index (κ3) is 3.96. The minimum Gasteiger partial charge on any atom is -0.460 e. The van der Waals surface area contributed by atoms with Gasteiger partial charge in [0.1, 0.15) is 18.3 Å². The van der Waals surface area contributed by atoms with E-state index < -0.39 is 24.0 Å². The number of carbonyl (C=O) groups excluding carboxylic acids is 2. The Balaban J connectivity index is 1.79. The quantitative estimate of drug-likeness (QED) is 0.851. The van der Waals surface area contributed by atoms with Gasteiger partial charge in [-0.1, -0.05) is 42.0 Å². The molecule has 0 spiro atoms. The molecule has 0 aromatic heterocycles. The average molecular weight is 354 g/mol. The van der Waals surface area contributed by atoms with Gasteiger partial charge in [0.05, 0.1) is 6.04 Å². The van der Waals surface area contributed by atoms with E-state index in [1.54, 1.807) is 19.1 Å². The van der Waals surface area contributed by atoms with Crippen molar-refractivity contribution in [1.82, 2.24) is 5.32 Å². The first-order chi connectivity index (χ1) is 12.4. The first kappa shape index (κ1) is 17.8. The van der Waals surface area contributed by atoms with Crippen LogP contribution in [0.5, 0.6) is 0 Å². The Kier molecular flexibility index (Phi) is 5.11. The molecule has 1 aliphatic heterocycles. The van der Waals surface area contributed by atoms with Crippen LogP contribution in [0.4, 0.5) is 9.18 Å². The summed E-state index contributed by atoms with van der Waals surface area (Å²) in [6, 6.07) is 12.2. The van der Waals surface area contributed by atoms with E-state index in [-0.39, 0.29) is 12.4 Å². The summed E-state index contributed by atoms with van der Waals surface area (Å²) in [6.45, 7) is 3.73. The van der Waals surface area contributed by atoms with Crippen molar-refractivity contribution < 1.29 is 18.7 Å². The molecular formula is C20H19FN2O3. The number of ether oxygens (including phenoxy) is 1. The fourth-order valence-electron chi connectivity index (χ4n) is 2.90. The standard InChI is InChI=1S/C20H19FN2O3/c1-12-3-5-14(6-4-12)11-26-19(24)17-13(2)22-20(25)23-18(17)15-7-9-16(21)10-8-15/h3-10,17-18H,11H2,1-2H3,(H,23,25). The molecule has 1 aliphatic rings. The van der Waals surface area contributed by atoms with E-state index in [4.69, 9.17) is 4.74 Å². The smallest absolute Gasteiger partial charge is 0.341 e. The zero-order valence-electron chi connectivity index (χ0n) is 14.5. The maximum atomic E-state index is 13.2. The topological polar surface area (TPSA) is 67.8 Å². The van der Waals surface area contributed by atoms with Crippen LogP contribution >= 0.6 is 0 Å². The maximum Gasteiger partial charge on any atom is 0.341 e. The molecule has 0 fully saturated rings. The molecule has 0 radical (unpaired) electrons. The molecule has 0 saturated heterocycles. The molecule has 2 aromatic rings. The fourth-order valence-corrected chi connectivity index (χ4v) is 2.90. The molecule has 2 atom stereocenters. The number of urea groups is 1. The van der Waals surface area contributed by atoms with Crippen LogP contribution in [0.25, 0.3) is 0 Å². The van der Waals surface area contributed by atoms with Crippen LogP contribution in [-0.4, -0.2) is 17.7 Å². The summed E-state index contributed by atoms with van der Waals surface area (Å²) in [6.07, 6.45) is 0. The van der Waals surface area contributed by atoms with Gasteiger partial charge in [-0.25, -0.2) is 14.2 Å². The summed E-state index contributed by atoms with van der Waals surface area (Å²) in [5, 5.41) is 2.67. The molecule has 2 unspecified atom stereocenters.